The van der Waals surface area contributed by atoms with E-state index in [9.17, 15) is 9.90 Å². The molecule has 0 bridgehead atoms. The summed E-state index contributed by atoms with van der Waals surface area (Å²) in [5.74, 6) is -0.166. The van der Waals surface area contributed by atoms with Gasteiger partial charge in [0.1, 0.15) is 0 Å². The van der Waals surface area contributed by atoms with Crippen LogP contribution in [0.5, 0.6) is 0 Å². The first-order valence-corrected chi connectivity index (χ1v) is 6.24. The van der Waals surface area contributed by atoms with Crippen molar-refractivity contribution < 1.29 is 9.90 Å². The van der Waals surface area contributed by atoms with Crippen molar-refractivity contribution in [2.75, 3.05) is 6.61 Å². The van der Waals surface area contributed by atoms with Gasteiger partial charge < -0.3 is 10.4 Å². The Balaban J connectivity index is 2.16. The molecule has 2 aromatic rings. The summed E-state index contributed by atoms with van der Waals surface area (Å²) in [5, 5.41) is 12.3. The van der Waals surface area contributed by atoms with Gasteiger partial charge in [-0.15, -0.1) is 0 Å². The molecule has 0 aliphatic rings. The van der Waals surface area contributed by atoms with E-state index in [0.29, 0.717) is 5.56 Å². The molecule has 0 aromatic heterocycles. The highest BCUT2D eigenvalue weighted by molar-refractivity contribution is 5.95. The molecule has 0 spiro atoms. The summed E-state index contributed by atoms with van der Waals surface area (Å²) < 4.78 is 0. The van der Waals surface area contributed by atoms with Gasteiger partial charge in [0.25, 0.3) is 5.91 Å². The van der Waals surface area contributed by atoms with Gasteiger partial charge in [0, 0.05) is 5.56 Å². The molecule has 2 rings (SSSR count). The van der Waals surface area contributed by atoms with Crippen LogP contribution in [0.3, 0.4) is 0 Å². The van der Waals surface area contributed by atoms with E-state index in [4.69, 9.17) is 0 Å². The number of hydrogen-bond acceptors (Lipinski definition) is 2. The highest BCUT2D eigenvalue weighted by Gasteiger charge is 2.15. The molecule has 1 amide bonds. The van der Waals surface area contributed by atoms with Gasteiger partial charge in [0.15, 0.2) is 0 Å². The summed E-state index contributed by atoms with van der Waals surface area (Å²) in [6, 6.07) is 16.5. The Morgan fingerprint density at radius 2 is 1.74 bits per heavy atom. The van der Waals surface area contributed by atoms with E-state index in [0.717, 1.165) is 11.1 Å². The Morgan fingerprint density at radius 3 is 2.37 bits per heavy atom. The number of aliphatic hydroxyl groups is 1. The van der Waals surface area contributed by atoms with E-state index in [1.54, 1.807) is 6.07 Å². The van der Waals surface area contributed by atoms with Crippen LogP contribution in [-0.2, 0) is 0 Å². The zero-order valence-electron chi connectivity index (χ0n) is 10.8. The third kappa shape index (κ3) is 3.20. The van der Waals surface area contributed by atoms with E-state index in [-0.39, 0.29) is 18.6 Å². The molecular formula is C16H17NO2. The van der Waals surface area contributed by atoms with Gasteiger partial charge >= 0.3 is 0 Å². The molecule has 0 saturated heterocycles. The van der Waals surface area contributed by atoms with Crippen LogP contribution in [0.15, 0.2) is 54.6 Å². The van der Waals surface area contributed by atoms with Crippen LogP contribution in [0.25, 0.3) is 0 Å². The molecule has 98 valence electrons. The molecule has 2 aromatic carbocycles. The highest BCUT2D eigenvalue weighted by atomic mass is 16.3. The monoisotopic (exact) mass is 255 g/mol. The fourth-order valence-electron chi connectivity index (χ4n) is 1.98. The molecule has 0 unspecified atom stereocenters. The Bertz CT molecular complexity index is 552. The van der Waals surface area contributed by atoms with Crippen LogP contribution in [0, 0.1) is 6.92 Å². The third-order valence-electron chi connectivity index (χ3n) is 3.08. The second kappa shape index (κ2) is 6.16. The van der Waals surface area contributed by atoms with Crippen LogP contribution >= 0.6 is 0 Å². The quantitative estimate of drug-likeness (QED) is 0.881. The van der Waals surface area contributed by atoms with Crippen molar-refractivity contribution in [2.45, 2.75) is 13.0 Å². The maximum Gasteiger partial charge on any atom is 0.252 e. The molecule has 0 radical (unpaired) electrons. The summed E-state index contributed by atoms with van der Waals surface area (Å²) in [6.45, 7) is 1.77. The number of carbonyl (C=O) groups excluding carboxylic acids is 1. The Kier molecular flexibility index (Phi) is 4.31. The molecule has 2 N–H and O–H groups in total. The van der Waals surface area contributed by atoms with E-state index in [1.807, 2.05) is 55.5 Å². The average molecular weight is 255 g/mol. The molecule has 3 nitrogen and oxygen atoms in total. The van der Waals surface area contributed by atoms with Gasteiger partial charge in [-0.05, 0) is 24.1 Å². The minimum absolute atomic E-state index is 0.123. The lowest BCUT2D eigenvalue weighted by atomic mass is 10.1. The lowest BCUT2D eigenvalue weighted by Gasteiger charge is -2.17. The second-order valence-electron chi connectivity index (χ2n) is 4.43. The lowest BCUT2D eigenvalue weighted by molar-refractivity contribution is 0.0915. The maximum atomic E-state index is 12.2. The van der Waals surface area contributed by atoms with Crippen LogP contribution in [-0.4, -0.2) is 17.6 Å². The molecule has 19 heavy (non-hydrogen) atoms. The Morgan fingerprint density at radius 1 is 1.11 bits per heavy atom. The van der Waals surface area contributed by atoms with Crippen molar-refractivity contribution in [3.8, 4) is 0 Å². The van der Waals surface area contributed by atoms with Crippen LogP contribution in [0.4, 0.5) is 0 Å². The summed E-state index contributed by atoms with van der Waals surface area (Å²) >= 11 is 0. The van der Waals surface area contributed by atoms with Gasteiger partial charge in [0.2, 0.25) is 0 Å². The minimum atomic E-state index is -0.381. The van der Waals surface area contributed by atoms with E-state index < -0.39 is 0 Å². The second-order valence-corrected chi connectivity index (χ2v) is 4.43. The number of rotatable bonds is 4. The van der Waals surface area contributed by atoms with Crippen LogP contribution in [0.2, 0.25) is 0 Å². The van der Waals surface area contributed by atoms with Crippen molar-refractivity contribution in [1.82, 2.24) is 5.32 Å². The molecule has 0 saturated carbocycles. The van der Waals surface area contributed by atoms with E-state index >= 15 is 0 Å². The zero-order chi connectivity index (χ0) is 13.7. The molecule has 0 fully saturated rings. The number of carbonyl (C=O) groups is 1. The zero-order valence-corrected chi connectivity index (χ0v) is 10.8. The van der Waals surface area contributed by atoms with Crippen molar-refractivity contribution >= 4 is 5.91 Å². The van der Waals surface area contributed by atoms with Crippen molar-refractivity contribution in [3.63, 3.8) is 0 Å². The SMILES string of the molecule is Cc1ccccc1C(=O)N[C@H](CO)c1ccccc1. The topological polar surface area (TPSA) is 49.3 Å². The van der Waals surface area contributed by atoms with Crippen LogP contribution in [0.1, 0.15) is 27.5 Å². The van der Waals surface area contributed by atoms with Crippen molar-refractivity contribution in [2.24, 2.45) is 0 Å². The number of hydrogen-bond donors (Lipinski definition) is 2. The fourth-order valence-corrected chi connectivity index (χ4v) is 1.98. The summed E-state index contributed by atoms with van der Waals surface area (Å²) in [7, 11) is 0. The largest absolute Gasteiger partial charge is 0.394 e. The Hall–Kier alpha value is -2.13. The minimum Gasteiger partial charge on any atom is -0.394 e. The predicted molar refractivity (Wildman–Crippen MR) is 74.9 cm³/mol. The summed E-state index contributed by atoms with van der Waals surface area (Å²) in [4.78, 5) is 12.2. The first-order chi connectivity index (χ1) is 9.22. The number of aliphatic hydroxyl groups excluding tert-OH is 1. The normalized spacial score (nSPS) is 11.9. The fraction of sp³-hybridized carbons (Fsp3) is 0.188. The van der Waals surface area contributed by atoms with Gasteiger partial charge in [-0.1, -0.05) is 48.5 Å². The summed E-state index contributed by atoms with van der Waals surface area (Å²) in [6.07, 6.45) is 0. The number of benzene rings is 2. The van der Waals surface area contributed by atoms with Gasteiger partial charge in [0.05, 0.1) is 12.6 Å². The number of aryl methyl sites for hydroxylation is 1. The standard InChI is InChI=1S/C16H17NO2/c1-12-7-5-6-10-14(12)16(19)17-15(11-18)13-8-3-2-4-9-13/h2-10,15,18H,11H2,1H3,(H,17,19)/t15-/m1/s1. The molecule has 0 heterocycles. The number of amides is 1. The van der Waals surface area contributed by atoms with Gasteiger partial charge in [-0.2, -0.15) is 0 Å². The van der Waals surface area contributed by atoms with Crippen molar-refractivity contribution in [3.05, 3.63) is 71.3 Å². The molecular weight excluding hydrogens is 238 g/mol. The van der Waals surface area contributed by atoms with E-state index in [2.05, 4.69) is 5.32 Å². The Labute approximate surface area is 112 Å². The van der Waals surface area contributed by atoms with Crippen molar-refractivity contribution in [1.29, 1.82) is 0 Å². The number of nitrogens with one attached hydrogen (secondary N) is 1. The third-order valence-corrected chi connectivity index (χ3v) is 3.08. The smallest absolute Gasteiger partial charge is 0.252 e. The van der Waals surface area contributed by atoms with Crippen LogP contribution < -0.4 is 5.32 Å². The first kappa shape index (κ1) is 13.3. The first-order valence-electron chi connectivity index (χ1n) is 6.24. The van der Waals surface area contributed by atoms with E-state index in [1.165, 1.54) is 0 Å². The predicted octanol–water partition coefficient (Wildman–Crippen LogP) is 2.46. The average Bonchev–Trinajstić information content (AvgIpc) is 2.46. The van der Waals surface area contributed by atoms with Gasteiger partial charge in [-0.25, -0.2) is 0 Å². The maximum absolute atomic E-state index is 12.2. The molecule has 3 heteroatoms. The van der Waals surface area contributed by atoms with Gasteiger partial charge in [-0.3, -0.25) is 4.79 Å². The molecule has 0 aliphatic heterocycles. The lowest BCUT2D eigenvalue weighted by Crippen LogP contribution is -2.31. The molecule has 1 atom stereocenters. The highest BCUT2D eigenvalue weighted by Crippen LogP contribution is 2.14. The molecule has 0 aliphatic carbocycles. The summed E-state index contributed by atoms with van der Waals surface area (Å²) in [5.41, 5.74) is 2.45.